The monoisotopic (exact) mass is 206 g/mol. The van der Waals surface area contributed by atoms with Crippen LogP contribution in [0.15, 0.2) is 24.3 Å². The van der Waals surface area contributed by atoms with Crippen molar-refractivity contribution in [1.82, 2.24) is 0 Å². The van der Waals surface area contributed by atoms with Gasteiger partial charge in [0.05, 0.1) is 7.11 Å². The van der Waals surface area contributed by atoms with Crippen molar-refractivity contribution < 1.29 is 9.53 Å². The maximum atomic E-state index is 10.9. The Morgan fingerprint density at radius 1 is 1.40 bits per heavy atom. The Bertz CT molecular complexity index is 357. The van der Waals surface area contributed by atoms with Crippen LogP contribution in [0.4, 0.5) is 0 Å². The average molecular weight is 206 g/mol. The van der Waals surface area contributed by atoms with Gasteiger partial charge in [0.1, 0.15) is 5.84 Å². The van der Waals surface area contributed by atoms with Crippen LogP contribution in [-0.4, -0.2) is 18.9 Å². The predicted octanol–water partition coefficient (Wildman–Crippen LogP) is 1.08. The molecule has 0 saturated heterocycles. The van der Waals surface area contributed by atoms with E-state index < -0.39 is 0 Å². The molecule has 0 aliphatic heterocycles. The van der Waals surface area contributed by atoms with Crippen LogP contribution >= 0.6 is 0 Å². The van der Waals surface area contributed by atoms with E-state index in [-0.39, 0.29) is 11.8 Å². The fourth-order valence-corrected chi connectivity index (χ4v) is 1.20. The molecule has 3 N–H and O–H groups in total. The van der Waals surface area contributed by atoms with Gasteiger partial charge in [0.25, 0.3) is 0 Å². The molecular weight excluding hydrogens is 192 g/mol. The Labute approximate surface area is 88.6 Å². The molecule has 0 aromatic heterocycles. The van der Waals surface area contributed by atoms with Crippen molar-refractivity contribution in [3.05, 3.63) is 35.4 Å². The molecule has 0 unspecified atom stereocenters. The second-order valence-electron chi connectivity index (χ2n) is 3.19. The first-order chi connectivity index (χ1) is 7.13. The third-order valence-electron chi connectivity index (χ3n) is 2.11. The lowest BCUT2D eigenvalue weighted by atomic mass is 10.1. The van der Waals surface area contributed by atoms with E-state index in [4.69, 9.17) is 11.1 Å². The number of carbonyl (C=O) groups is 1. The SMILES string of the molecule is COC(=O)CCc1ccc(C(=N)N)cc1. The number of nitrogens with one attached hydrogen (secondary N) is 1. The summed E-state index contributed by atoms with van der Waals surface area (Å²) < 4.78 is 4.54. The van der Waals surface area contributed by atoms with Crippen LogP contribution in [0.25, 0.3) is 0 Å². The van der Waals surface area contributed by atoms with Crippen LogP contribution < -0.4 is 5.73 Å². The number of nitrogen functional groups attached to an aromatic ring is 1. The normalized spacial score (nSPS) is 9.67. The molecule has 0 atom stereocenters. The number of methoxy groups -OCH3 is 1. The van der Waals surface area contributed by atoms with E-state index in [1.807, 2.05) is 12.1 Å². The molecule has 80 valence electrons. The number of nitrogens with two attached hydrogens (primary N) is 1. The molecule has 0 fully saturated rings. The number of benzene rings is 1. The molecule has 0 heterocycles. The number of amidine groups is 1. The van der Waals surface area contributed by atoms with Crippen LogP contribution in [0, 0.1) is 5.41 Å². The van der Waals surface area contributed by atoms with Crippen LogP contribution in [0.3, 0.4) is 0 Å². The standard InChI is InChI=1S/C11H14N2O2/c1-15-10(14)7-4-8-2-5-9(6-3-8)11(12)13/h2-3,5-6H,4,7H2,1H3,(H3,12,13). The summed E-state index contributed by atoms with van der Waals surface area (Å²) in [6, 6.07) is 7.27. The molecule has 0 saturated carbocycles. The molecule has 0 spiro atoms. The zero-order valence-corrected chi connectivity index (χ0v) is 8.62. The summed E-state index contributed by atoms with van der Waals surface area (Å²) in [4.78, 5) is 10.9. The number of carbonyl (C=O) groups excluding carboxylic acids is 1. The zero-order chi connectivity index (χ0) is 11.3. The molecule has 1 aromatic carbocycles. The number of aryl methyl sites for hydroxylation is 1. The van der Waals surface area contributed by atoms with E-state index in [0.717, 1.165) is 5.56 Å². The minimum atomic E-state index is -0.217. The molecule has 4 heteroatoms. The predicted molar refractivity (Wildman–Crippen MR) is 57.8 cm³/mol. The highest BCUT2D eigenvalue weighted by Gasteiger charge is 2.01. The molecule has 1 aromatic rings. The van der Waals surface area contributed by atoms with E-state index in [1.54, 1.807) is 12.1 Å². The Morgan fingerprint density at radius 2 is 2.00 bits per heavy atom. The van der Waals surface area contributed by atoms with Gasteiger partial charge in [-0.2, -0.15) is 0 Å². The van der Waals surface area contributed by atoms with E-state index in [2.05, 4.69) is 4.74 Å². The maximum Gasteiger partial charge on any atom is 0.305 e. The lowest BCUT2D eigenvalue weighted by Crippen LogP contribution is -2.10. The Hall–Kier alpha value is -1.84. The van der Waals surface area contributed by atoms with E-state index in [1.165, 1.54) is 7.11 Å². The third kappa shape index (κ3) is 3.42. The highest BCUT2D eigenvalue weighted by Crippen LogP contribution is 2.06. The van der Waals surface area contributed by atoms with Gasteiger partial charge < -0.3 is 10.5 Å². The van der Waals surface area contributed by atoms with E-state index in [0.29, 0.717) is 18.4 Å². The van der Waals surface area contributed by atoms with Crippen molar-refractivity contribution in [1.29, 1.82) is 5.41 Å². The molecule has 0 radical (unpaired) electrons. The van der Waals surface area contributed by atoms with Crippen molar-refractivity contribution >= 4 is 11.8 Å². The van der Waals surface area contributed by atoms with Crippen LogP contribution in [0.1, 0.15) is 17.5 Å². The highest BCUT2D eigenvalue weighted by molar-refractivity contribution is 5.94. The van der Waals surface area contributed by atoms with Gasteiger partial charge in [-0.3, -0.25) is 10.2 Å². The molecule has 15 heavy (non-hydrogen) atoms. The van der Waals surface area contributed by atoms with Crippen molar-refractivity contribution in [3.8, 4) is 0 Å². The number of hydrogen-bond donors (Lipinski definition) is 2. The van der Waals surface area contributed by atoms with Gasteiger partial charge in [-0.15, -0.1) is 0 Å². The molecule has 0 amide bonds. The average Bonchev–Trinajstić information content (AvgIpc) is 2.26. The summed E-state index contributed by atoms with van der Waals surface area (Å²) in [7, 11) is 1.38. The van der Waals surface area contributed by atoms with Crippen molar-refractivity contribution in [3.63, 3.8) is 0 Å². The maximum absolute atomic E-state index is 10.9. The summed E-state index contributed by atoms with van der Waals surface area (Å²) >= 11 is 0. The van der Waals surface area contributed by atoms with Gasteiger partial charge >= 0.3 is 5.97 Å². The highest BCUT2D eigenvalue weighted by atomic mass is 16.5. The second-order valence-corrected chi connectivity index (χ2v) is 3.19. The van der Waals surface area contributed by atoms with Gasteiger partial charge in [-0.25, -0.2) is 0 Å². The number of ether oxygens (including phenoxy) is 1. The number of rotatable bonds is 4. The summed E-state index contributed by atoms with van der Waals surface area (Å²) in [6.07, 6.45) is 1.01. The summed E-state index contributed by atoms with van der Waals surface area (Å²) in [5.74, 6) is -0.167. The minimum absolute atomic E-state index is 0.0505. The smallest absolute Gasteiger partial charge is 0.305 e. The second kappa shape index (κ2) is 5.14. The van der Waals surface area contributed by atoms with Crippen LogP contribution in [0.2, 0.25) is 0 Å². The summed E-state index contributed by atoms with van der Waals surface area (Å²) in [6.45, 7) is 0. The first-order valence-corrected chi connectivity index (χ1v) is 4.63. The topological polar surface area (TPSA) is 76.2 Å². The summed E-state index contributed by atoms with van der Waals surface area (Å²) in [5.41, 5.74) is 7.04. The van der Waals surface area contributed by atoms with Crippen molar-refractivity contribution in [2.75, 3.05) is 7.11 Å². The molecule has 1 rings (SSSR count). The molecule has 0 aliphatic rings. The van der Waals surface area contributed by atoms with Gasteiger partial charge in [-0.1, -0.05) is 24.3 Å². The fourth-order valence-electron chi connectivity index (χ4n) is 1.20. The lowest BCUT2D eigenvalue weighted by Gasteiger charge is -2.02. The first kappa shape index (κ1) is 11.2. The first-order valence-electron chi connectivity index (χ1n) is 4.63. The lowest BCUT2D eigenvalue weighted by molar-refractivity contribution is -0.140. The molecule has 0 bridgehead atoms. The van der Waals surface area contributed by atoms with Gasteiger partial charge in [0.2, 0.25) is 0 Å². The van der Waals surface area contributed by atoms with Crippen molar-refractivity contribution in [2.45, 2.75) is 12.8 Å². The van der Waals surface area contributed by atoms with E-state index >= 15 is 0 Å². The van der Waals surface area contributed by atoms with Gasteiger partial charge in [-0.05, 0) is 12.0 Å². The Balaban J connectivity index is 2.57. The largest absolute Gasteiger partial charge is 0.469 e. The Morgan fingerprint density at radius 3 is 2.47 bits per heavy atom. The fraction of sp³-hybridized carbons (Fsp3) is 0.273. The number of hydrogen-bond acceptors (Lipinski definition) is 3. The molecule has 4 nitrogen and oxygen atoms in total. The van der Waals surface area contributed by atoms with Gasteiger partial charge in [0, 0.05) is 12.0 Å². The minimum Gasteiger partial charge on any atom is -0.469 e. The van der Waals surface area contributed by atoms with Crippen LogP contribution in [0.5, 0.6) is 0 Å². The van der Waals surface area contributed by atoms with Crippen LogP contribution in [-0.2, 0) is 16.0 Å². The summed E-state index contributed by atoms with van der Waals surface area (Å²) in [5, 5.41) is 7.21. The van der Waals surface area contributed by atoms with Gasteiger partial charge in [0.15, 0.2) is 0 Å². The molecule has 0 aliphatic carbocycles. The van der Waals surface area contributed by atoms with Crippen molar-refractivity contribution in [2.24, 2.45) is 5.73 Å². The Kier molecular flexibility index (Phi) is 3.85. The third-order valence-corrected chi connectivity index (χ3v) is 2.11. The number of esters is 1. The van der Waals surface area contributed by atoms with E-state index in [9.17, 15) is 4.79 Å². The molecular formula is C11H14N2O2. The zero-order valence-electron chi connectivity index (χ0n) is 8.62. The quantitative estimate of drug-likeness (QED) is 0.439.